The van der Waals surface area contributed by atoms with Crippen molar-refractivity contribution in [3.8, 4) is 0 Å². The normalized spacial score (nSPS) is 24.3. The fourth-order valence-corrected chi connectivity index (χ4v) is 3.84. The van der Waals surface area contributed by atoms with Crippen LogP contribution in [0.1, 0.15) is 36.0 Å². The average molecular weight is 294 g/mol. The molecular formula is C15H18O4S. The zero-order chi connectivity index (χ0) is 14.0. The summed E-state index contributed by atoms with van der Waals surface area (Å²) in [7, 11) is 0. The minimum atomic E-state index is -0.885. The van der Waals surface area contributed by atoms with Gasteiger partial charge in [-0.25, -0.2) is 4.79 Å². The van der Waals surface area contributed by atoms with E-state index in [0.29, 0.717) is 12.2 Å². The van der Waals surface area contributed by atoms with E-state index < -0.39 is 5.97 Å². The lowest BCUT2D eigenvalue weighted by Crippen LogP contribution is -2.27. The highest BCUT2D eigenvalue weighted by Crippen LogP contribution is 2.40. The van der Waals surface area contributed by atoms with Crippen LogP contribution in [0.25, 0.3) is 0 Å². The third-order valence-corrected chi connectivity index (χ3v) is 5.03. The van der Waals surface area contributed by atoms with E-state index in [4.69, 9.17) is 14.6 Å². The second-order valence-corrected chi connectivity index (χ2v) is 6.34. The Balaban J connectivity index is 1.59. The van der Waals surface area contributed by atoms with E-state index in [0.717, 1.165) is 23.5 Å². The maximum absolute atomic E-state index is 11.2. The molecule has 1 aromatic carbocycles. The fraction of sp³-hybridized carbons (Fsp3) is 0.533. The fourth-order valence-electron chi connectivity index (χ4n) is 2.83. The van der Waals surface area contributed by atoms with E-state index in [9.17, 15) is 4.79 Å². The van der Waals surface area contributed by atoms with Crippen molar-refractivity contribution in [1.82, 2.24) is 0 Å². The molecule has 1 aliphatic heterocycles. The van der Waals surface area contributed by atoms with E-state index in [1.165, 1.54) is 24.6 Å². The zero-order valence-corrected chi connectivity index (χ0v) is 12.0. The molecule has 108 valence electrons. The number of aromatic carboxylic acids is 1. The number of carbonyl (C=O) groups is 1. The molecule has 1 heterocycles. The molecule has 0 amide bonds. The number of rotatable bonds is 4. The van der Waals surface area contributed by atoms with Crippen molar-refractivity contribution in [2.45, 2.75) is 42.5 Å². The van der Waals surface area contributed by atoms with E-state index in [1.807, 2.05) is 12.1 Å². The number of thioether (sulfide) groups is 1. The van der Waals surface area contributed by atoms with Crippen LogP contribution in [0.15, 0.2) is 29.2 Å². The predicted molar refractivity (Wildman–Crippen MR) is 76.1 cm³/mol. The maximum Gasteiger partial charge on any atom is 0.336 e. The highest BCUT2D eigenvalue weighted by Gasteiger charge is 2.43. The number of hydrogen-bond acceptors (Lipinski definition) is 4. The first kappa shape index (κ1) is 13.9. The molecule has 2 fully saturated rings. The summed E-state index contributed by atoms with van der Waals surface area (Å²) in [6, 6.07) is 7.08. The van der Waals surface area contributed by atoms with Crippen LogP contribution < -0.4 is 0 Å². The molecule has 3 rings (SSSR count). The van der Waals surface area contributed by atoms with E-state index >= 15 is 0 Å². The third-order valence-electron chi connectivity index (χ3n) is 3.82. The lowest BCUT2D eigenvalue weighted by atomic mass is 10.2. The van der Waals surface area contributed by atoms with Crippen LogP contribution in [-0.4, -0.2) is 35.3 Å². The van der Waals surface area contributed by atoms with Gasteiger partial charge in [-0.3, -0.25) is 0 Å². The Morgan fingerprint density at radius 1 is 1.35 bits per heavy atom. The molecule has 1 saturated heterocycles. The van der Waals surface area contributed by atoms with Crippen molar-refractivity contribution in [1.29, 1.82) is 0 Å². The molecule has 2 aliphatic rings. The van der Waals surface area contributed by atoms with Crippen molar-refractivity contribution in [2.75, 3.05) is 12.4 Å². The van der Waals surface area contributed by atoms with Gasteiger partial charge in [0.25, 0.3) is 0 Å². The summed E-state index contributed by atoms with van der Waals surface area (Å²) in [6.07, 6.45) is 4.36. The van der Waals surface area contributed by atoms with Gasteiger partial charge in [-0.1, -0.05) is 12.1 Å². The minimum Gasteiger partial charge on any atom is -0.478 e. The van der Waals surface area contributed by atoms with Gasteiger partial charge in [0.15, 0.2) is 5.79 Å². The van der Waals surface area contributed by atoms with Crippen LogP contribution in [0.5, 0.6) is 0 Å². The van der Waals surface area contributed by atoms with Crippen LogP contribution in [0.3, 0.4) is 0 Å². The van der Waals surface area contributed by atoms with Crippen molar-refractivity contribution < 1.29 is 19.4 Å². The van der Waals surface area contributed by atoms with Gasteiger partial charge in [0.1, 0.15) is 0 Å². The summed E-state index contributed by atoms with van der Waals surface area (Å²) >= 11 is 1.53. The quantitative estimate of drug-likeness (QED) is 0.864. The summed E-state index contributed by atoms with van der Waals surface area (Å²) in [5.74, 6) is -0.493. The molecule has 20 heavy (non-hydrogen) atoms. The lowest BCUT2D eigenvalue weighted by Gasteiger charge is -2.21. The second kappa shape index (κ2) is 5.76. The minimum absolute atomic E-state index is 0.0555. The highest BCUT2D eigenvalue weighted by molar-refractivity contribution is 7.99. The molecular weight excluding hydrogens is 276 g/mol. The first-order chi connectivity index (χ1) is 9.69. The Labute approximate surface area is 122 Å². The van der Waals surface area contributed by atoms with Gasteiger partial charge in [-0.2, -0.15) is 0 Å². The first-order valence-electron chi connectivity index (χ1n) is 6.95. The summed E-state index contributed by atoms with van der Waals surface area (Å²) in [5.41, 5.74) is 0.354. The van der Waals surface area contributed by atoms with Gasteiger partial charge in [0.05, 0.1) is 18.3 Å². The number of hydrogen-bond donors (Lipinski definition) is 1. The molecule has 1 atom stereocenters. The molecule has 1 aromatic rings. The van der Waals surface area contributed by atoms with Crippen LogP contribution in [0, 0.1) is 0 Å². The number of carboxylic acids is 1. The van der Waals surface area contributed by atoms with Crippen molar-refractivity contribution in [3.05, 3.63) is 29.8 Å². The molecule has 1 N–H and O–H groups in total. The Bertz CT molecular complexity index is 496. The Morgan fingerprint density at radius 2 is 2.10 bits per heavy atom. The average Bonchev–Trinajstić information content (AvgIpc) is 3.07. The SMILES string of the molecule is O=C(O)c1ccccc1SCC1COC2(CCCC2)O1. The standard InChI is InChI=1S/C15H18O4S/c16-14(17)12-5-1-2-6-13(12)20-10-11-9-18-15(19-11)7-3-4-8-15/h1-2,5-6,11H,3-4,7-10H2,(H,16,17). The van der Waals surface area contributed by atoms with Gasteiger partial charge in [0.2, 0.25) is 0 Å². The van der Waals surface area contributed by atoms with E-state index in [-0.39, 0.29) is 11.9 Å². The Morgan fingerprint density at radius 3 is 2.85 bits per heavy atom. The van der Waals surface area contributed by atoms with E-state index in [2.05, 4.69) is 0 Å². The van der Waals surface area contributed by atoms with Gasteiger partial charge in [-0.05, 0) is 25.0 Å². The van der Waals surface area contributed by atoms with Crippen LogP contribution in [0.4, 0.5) is 0 Å². The molecule has 0 aromatic heterocycles. The topological polar surface area (TPSA) is 55.8 Å². The summed E-state index contributed by atoms with van der Waals surface area (Å²) in [5, 5.41) is 9.16. The number of carboxylic acid groups (broad SMARTS) is 1. The largest absolute Gasteiger partial charge is 0.478 e. The summed E-state index contributed by atoms with van der Waals surface area (Å²) in [4.78, 5) is 11.9. The Hall–Kier alpha value is -1.04. The zero-order valence-electron chi connectivity index (χ0n) is 11.2. The van der Waals surface area contributed by atoms with Gasteiger partial charge >= 0.3 is 5.97 Å². The molecule has 1 spiro atoms. The smallest absolute Gasteiger partial charge is 0.336 e. The predicted octanol–water partition coefficient (Wildman–Crippen LogP) is 3.16. The van der Waals surface area contributed by atoms with Crippen molar-refractivity contribution in [2.24, 2.45) is 0 Å². The van der Waals surface area contributed by atoms with Gasteiger partial charge < -0.3 is 14.6 Å². The second-order valence-electron chi connectivity index (χ2n) is 5.28. The summed E-state index contributed by atoms with van der Waals surface area (Å²) in [6.45, 7) is 0.613. The van der Waals surface area contributed by atoms with Gasteiger partial charge in [-0.15, -0.1) is 11.8 Å². The van der Waals surface area contributed by atoms with Crippen molar-refractivity contribution in [3.63, 3.8) is 0 Å². The molecule has 5 heteroatoms. The van der Waals surface area contributed by atoms with Gasteiger partial charge in [0, 0.05) is 23.5 Å². The Kier molecular flexibility index (Phi) is 4.01. The third kappa shape index (κ3) is 2.85. The molecule has 1 aliphatic carbocycles. The molecule has 0 bridgehead atoms. The summed E-state index contributed by atoms with van der Waals surface area (Å²) < 4.78 is 11.9. The van der Waals surface area contributed by atoms with Crippen LogP contribution in [0.2, 0.25) is 0 Å². The van der Waals surface area contributed by atoms with Crippen LogP contribution in [-0.2, 0) is 9.47 Å². The molecule has 1 saturated carbocycles. The molecule has 1 unspecified atom stereocenters. The number of ether oxygens (including phenoxy) is 2. The number of benzene rings is 1. The molecule has 0 radical (unpaired) electrons. The van der Waals surface area contributed by atoms with Crippen molar-refractivity contribution >= 4 is 17.7 Å². The lowest BCUT2D eigenvalue weighted by molar-refractivity contribution is -0.159. The maximum atomic E-state index is 11.2. The monoisotopic (exact) mass is 294 g/mol. The highest BCUT2D eigenvalue weighted by atomic mass is 32.2. The molecule has 4 nitrogen and oxygen atoms in total. The van der Waals surface area contributed by atoms with Crippen LogP contribution >= 0.6 is 11.8 Å². The first-order valence-corrected chi connectivity index (χ1v) is 7.94. The van der Waals surface area contributed by atoms with E-state index in [1.54, 1.807) is 12.1 Å².